The first-order valence-corrected chi connectivity index (χ1v) is 8.51. The molecule has 0 bridgehead atoms. The number of anilines is 1. The van der Waals surface area contributed by atoms with E-state index in [1.165, 1.54) is 0 Å². The molecule has 2 amide bonds. The number of carbonyl (C=O) groups is 2. The van der Waals surface area contributed by atoms with Crippen LogP contribution in [-0.4, -0.2) is 42.9 Å². The minimum atomic E-state index is -0.0732. The molecule has 24 heavy (non-hydrogen) atoms. The monoisotopic (exact) mass is 355 g/mol. The van der Waals surface area contributed by atoms with Gasteiger partial charge < -0.3 is 15.5 Å². The van der Waals surface area contributed by atoms with Crippen molar-refractivity contribution in [1.29, 1.82) is 0 Å². The number of rotatable bonds is 10. The predicted octanol–water partition coefficient (Wildman–Crippen LogP) is 3.31. The van der Waals surface area contributed by atoms with Gasteiger partial charge in [0, 0.05) is 24.2 Å². The van der Waals surface area contributed by atoms with E-state index >= 15 is 0 Å². The molecular formula is C18H30ClN3O2. The van der Waals surface area contributed by atoms with Crippen molar-refractivity contribution >= 4 is 29.9 Å². The summed E-state index contributed by atoms with van der Waals surface area (Å²) in [6.45, 7) is 9.99. The average molecular weight is 356 g/mol. The van der Waals surface area contributed by atoms with Crippen LogP contribution in [0, 0.1) is 0 Å². The molecule has 0 saturated carbocycles. The van der Waals surface area contributed by atoms with Crippen molar-refractivity contribution in [2.75, 3.05) is 31.5 Å². The summed E-state index contributed by atoms with van der Waals surface area (Å²) in [5, 5.41) is 5.74. The van der Waals surface area contributed by atoms with Gasteiger partial charge in [-0.25, -0.2) is 0 Å². The van der Waals surface area contributed by atoms with Crippen LogP contribution in [0.25, 0.3) is 0 Å². The number of nitrogens with one attached hydrogen (secondary N) is 2. The zero-order chi connectivity index (χ0) is 17.1. The maximum absolute atomic E-state index is 12.1. The van der Waals surface area contributed by atoms with Gasteiger partial charge in [-0.05, 0) is 56.7 Å². The molecule has 0 radical (unpaired) electrons. The maximum Gasteiger partial charge on any atom is 0.251 e. The Labute approximate surface area is 151 Å². The third kappa shape index (κ3) is 8.31. The number of hydrogen-bond donors (Lipinski definition) is 2. The highest BCUT2D eigenvalue weighted by Gasteiger charge is 2.06. The minimum Gasteiger partial charge on any atom is -0.352 e. The number of hydrogen-bond acceptors (Lipinski definition) is 3. The van der Waals surface area contributed by atoms with E-state index in [4.69, 9.17) is 0 Å². The Morgan fingerprint density at radius 2 is 1.67 bits per heavy atom. The van der Waals surface area contributed by atoms with Crippen molar-refractivity contribution in [2.45, 2.75) is 40.0 Å². The fourth-order valence-corrected chi connectivity index (χ4v) is 2.30. The van der Waals surface area contributed by atoms with Crippen LogP contribution in [0.3, 0.4) is 0 Å². The van der Waals surface area contributed by atoms with Gasteiger partial charge >= 0.3 is 0 Å². The smallest absolute Gasteiger partial charge is 0.251 e. The Hall–Kier alpha value is -1.59. The van der Waals surface area contributed by atoms with Gasteiger partial charge in [-0.15, -0.1) is 12.4 Å². The first kappa shape index (κ1) is 22.4. The van der Waals surface area contributed by atoms with E-state index in [1.807, 2.05) is 6.92 Å². The Morgan fingerprint density at radius 3 is 2.21 bits per heavy atom. The summed E-state index contributed by atoms with van der Waals surface area (Å²) in [6, 6.07) is 7.00. The number of halogens is 1. The molecule has 0 spiro atoms. The third-order valence-corrected chi connectivity index (χ3v) is 3.74. The van der Waals surface area contributed by atoms with Crippen LogP contribution in [0.5, 0.6) is 0 Å². The van der Waals surface area contributed by atoms with Gasteiger partial charge in [-0.3, -0.25) is 9.59 Å². The van der Waals surface area contributed by atoms with Crippen molar-refractivity contribution < 1.29 is 9.59 Å². The highest BCUT2D eigenvalue weighted by molar-refractivity contribution is 5.95. The maximum atomic E-state index is 12.1. The zero-order valence-electron chi connectivity index (χ0n) is 14.9. The van der Waals surface area contributed by atoms with Crippen molar-refractivity contribution in [3.8, 4) is 0 Å². The quantitative estimate of drug-likeness (QED) is 0.633. The summed E-state index contributed by atoms with van der Waals surface area (Å²) >= 11 is 0. The summed E-state index contributed by atoms with van der Waals surface area (Å²) in [5.41, 5.74) is 1.34. The molecule has 1 aromatic carbocycles. The van der Waals surface area contributed by atoms with Crippen LogP contribution in [-0.2, 0) is 4.79 Å². The van der Waals surface area contributed by atoms with Crippen molar-refractivity contribution in [3.05, 3.63) is 29.8 Å². The summed E-state index contributed by atoms with van der Waals surface area (Å²) in [4.78, 5) is 25.9. The molecule has 0 unspecified atom stereocenters. The van der Waals surface area contributed by atoms with E-state index < -0.39 is 0 Å². The number of benzene rings is 1. The van der Waals surface area contributed by atoms with Crippen molar-refractivity contribution in [3.63, 3.8) is 0 Å². The van der Waals surface area contributed by atoms with Crippen molar-refractivity contribution in [2.24, 2.45) is 0 Å². The second-order valence-electron chi connectivity index (χ2n) is 5.51. The molecule has 0 aliphatic carbocycles. The molecule has 0 aromatic heterocycles. The topological polar surface area (TPSA) is 61.4 Å². The zero-order valence-corrected chi connectivity index (χ0v) is 15.7. The first-order chi connectivity index (χ1) is 11.1. The molecule has 0 aliphatic heterocycles. The number of nitrogens with zero attached hydrogens (tertiary/aromatic N) is 1. The summed E-state index contributed by atoms with van der Waals surface area (Å²) < 4.78 is 0. The summed E-state index contributed by atoms with van der Waals surface area (Å²) in [6.07, 6.45) is 2.27. The highest BCUT2D eigenvalue weighted by Crippen LogP contribution is 2.10. The van der Waals surface area contributed by atoms with Crippen LogP contribution in [0.2, 0.25) is 0 Å². The van der Waals surface area contributed by atoms with E-state index in [-0.39, 0.29) is 24.2 Å². The van der Waals surface area contributed by atoms with E-state index in [0.717, 1.165) is 38.2 Å². The molecule has 0 saturated heterocycles. The lowest BCUT2D eigenvalue weighted by molar-refractivity contribution is -0.116. The van der Waals surface area contributed by atoms with Crippen LogP contribution in [0.15, 0.2) is 24.3 Å². The Balaban J connectivity index is 0.00000529. The van der Waals surface area contributed by atoms with E-state index in [1.54, 1.807) is 24.3 Å². The lowest BCUT2D eigenvalue weighted by atomic mass is 10.2. The Bertz CT molecular complexity index is 488. The summed E-state index contributed by atoms with van der Waals surface area (Å²) in [5.74, 6) is -0.0721. The number of amides is 2. The number of carbonyl (C=O) groups excluding carboxylic acids is 2. The SMILES string of the molecule is CCCC(=O)Nc1ccc(C(=O)NCCCN(CC)CC)cc1.Cl. The molecule has 1 rings (SSSR count). The van der Waals surface area contributed by atoms with Gasteiger partial charge in [-0.1, -0.05) is 20.8 Å². The second kappa shape index (κ2) is 12.8. The Morgan fingerprint density at radius 1 is 1.04 bits per heavy atom. The minimum absolute atomic E-state index is 0. The fraction of sp³-hybridized carbons (Fsp3) is 0.556. The molecule has 1 aromatic rings. The van der Waals surface area contributed by atoms with Crippen LogP contribution < -0.4 is 10.6 Å². The van der Waals surface area contributed by atoms with Gasteiger partial charge in [0.25, 0.3) is 5.91 Å². The largest absolute Gasteiger partial charge is 0.352 e. The normalized spacial score (nSPS) is 10.2. The van der Waals surface area contributed by atoms with Crippen molar-refractivity contribution in [1.82, 2.24) is 10.2 Å². The molecule has 0 atom stereocenters. The van der Waals surface area contributed by atoms with Crippen LogP contribution in [0.4, 0.5) is 5.69 Å². The first-order valence-electron chi connectivity index (χ1n) is 8.51. The Kier molecular flexibility index (Phi) is 11.9. The average Bonchev–Trinajstić information content (AvgIpc) is 2.55. The van der Waals surface area contributed by atoms with Gasteiger partial charge in [0.15, 0.2) is 0 Å². The second-order valence-corrected chi connectivity index (χ2v) is 5.51. The van der Waals surface area contributed by atoms with Gasteiger partial charge in [0.05, 0.1) is 0 Å². The third-order valence-electron chi connectivity index (χ3n) is 3.74. The lowest BCUT2D eigenvalue weighted by Gasteiger charge is -2.17. The van der Waals surface area contributed by atoms with E-state index in [0.29, 0.717) is 18.5 Å². The van der Waals surface area contributed by atoms with Gasteiger partial charge in [0.2, 0.25) is 5.91 Å². The molecule has 136 valence electrons. The predicted molar refractivity (Wildman–Crippen MR) is 102 cm³/mol. The standard InChI is InChI=1S/C18H29N3O2.ClH/c1-4-8-17(22)20-16-11-9-15(10-12-16)18(23)19-13-7-14-21(5-2)6-3;/h9-12H,4-8,13-14H2,1-3H3,(H,19,23)(H,20,22);1H. The van der Waals surface area contributed by atoms with Crippen LogP contribution in [0.1, 0.15) is 50.4 Å². The van der Waals surface area contributed by atoms with E-state index in [9.17, 15) is 9.59 Å². The van der Waals surface area contributed by atoms with Gasteiger partial charge in [0.1, 0.15) is 0 Å². The fourth-order valence-electron chi connectivity index (χ4n) is 2.30. The molecule has 0 heterocycles. The highest BCUT2D eigenvalue weighted by atomic mass is 35.5. The summed E-state index contributed by atoms with van der Waals surface area (Å²) in [7, 11) is 0. The lowest BCUT2D eigenvalue weighted by Crippen LogP contribution is -2.29. The molecular weight excluding hydrogens is 326 g/mol. The molecule has 6 heteroatoms. The molecule has 5 nitrogen and oxygen atoms in total. The molecule has 0 aliphatic rings. The molecule has 2 N–H and O–H groups in total. The molecule has 0 fully saturated rings. The van der Waals surface area contributed by atoms with E-state index in [2.05, 4.69) is 29.4 Å². The van der Waals surface area contributed by atoms with Gasteiger partial charge in [-0.2, -0.15) is 0 Å². The van der Waals surface area contributed by atoms with Crippen LogP contribution >= 0.6 is 12.4 Å².